The minimum Gasteiger partial charge on any atom is -0.392 e. The first-order valence-electron chi connectivity index (χ1n) is 6.95. The van der Waals surface area contributed by atoms with Gasteiger partial charge in [0.1, 0.15) is 0 Å². The zero-order valence-corrected chi connectivity index (χ0v) is 13.8. The number of rotatable bonds is 5. The van der Waals surface area contributed by atoms with Crippen LogP contribution in [0.2, 0.25) is 0 Å². The van der Waals surface area contributed by atoms with E-state index >= 15 is 0 Å². The van der Waals surface area contributed by atoms with E-state index in [0.717, 1.165) is 11.3 Å². The van der Waals surface area contributed by atoms with Crippen LogP contribution in [0.15, 0.2) is 18.2 Å². The first kappa shape index (κ1) is 16.6. The Hall–Kier alpha value is -1.42. The van der Waals surface area contributed by atoms with Gasteiger partial charge < -0.3 is 10.6 Å². The fraction of sp³-hybridized carbons (Fsp3) is 0.500. The molecule has 0 aliphatic heterocycles. The van der Waals surface area contributed by atoms with Crippen LogP contribution < -0.4 is 10.6 Å². The summed E-state index contributed by atoms with van der Waals surface area (Å²) in [5.41, 5.74) is 8.27. The van der Waals surface area contributed by atoms with Crippen LogP contribution in [0.3, 0.4) is 0 Å². The highest BCUT2D eigenvalue weighted by Crippen LogP contribution is 2.32. The maximum atomic E-state index is 12.9. The third kappa shape index (κ3) is 2.85. The van der Waals surface area contributed by atoms with E-state index < -0.39 is 5.41 Å². The van der Waals surface area contributed by atoms with E-state index in [1.807, 2.05) is 39.8 Å². The van der Waals surface area contributed by atoms with Crippen LogP contribution in [0, 0.1) is 19.3 Å². The third-order valence-corrected chi connectivity index (χ3v) is 4.50. The van der Waals surface area contributed by atoms with Gasteiger partial charge in [-0.25, -0.2) is 0 Å². The standard InChI is InChI=1S/C16H24N2OS/c1-6-16(7-2,14(17)20)15(19)18(5)13-9-8-11(3)10-12(13)4/h8-10H,6-7H2,1-5H3,(H2,17,20). The molecule has 1 rings (SSSR count). The molecule has 0 bridgehead atoms. The number of carbonyl (C=O) groups excluding carboxylic acids is 1. The van der Waals surface area contributed by atoms with Gasteiger partial charge in [-0.15, -0.1) is 0 Å². The Morgan fingerprint density at radius 2 is 1.85 bits per heavy atom. The van der Waals surface area contributed by atoms with Crippen LogP contribution in [0.5, 0.6) is 0 Å². The van der Waals surface area contributed by atoms with Crippen LogP contribution >= 0.6 is 12.2 Å². The maximum absolute atomic E-state index is 12.9. The molecule has 0 heterocycles. The van der Waals surface area contributed by atoms with E-state index in [9.17, 15) is 4.79 Å². The van der Waals surface area contributed by atoms with E-state index in [0.29, 0.717) is 12.8 Å². The Morgan fingerprint density at radius 1 is 1.30 bits per heavy atom. The van der Waals surface area contributed by atoms with Crippen LogP contribution in [0.25, 0.3) is 0 Å². The number of anilines is 1. The predicted molar refractivity (Wildman–Crippen MR) is 89.1 cm³/mol. The highest BCUT2D eigenvalue weighted by Gasteiger charge is 2.40. The van der Waals surface area contributed by atoms with Crippen molar-refractivity contribution in [2.75, 3.05) is 11.9 Å². The van der Waals surface area contributed by atoms with Crippen molar-refractivity contribution >= 4 is 28.8 Å². The largest absolute Gasteiger partial charge is 0.392 e. The molecule has 0 aliphatic rings. The van der Waals surface area contributed by atoms with E-state index in [-0.39, 0.29) is 10.9 Å². The molecule has 1 aromatic rings. The fourth-order valence-electron chi connectivity index (χ4n) is 2.62. The van der Waals surface area contributed by atoms with Gasteiger partial charge in [-0.05, 0) is 38.3 Å². The summed E-state index contributed by atoms with van der Waals surface area (Å²) in [6.07, 6.45) is 1.24. The zero-order valence-electron chi connectivity index (χ0n) is 13.0. The zero-order chi connectivity index (χ0) is 15.5. The first-order chi connectivity index (χ1) is 9.30. The molecule has 110 valence electrons. The quantitative estimate of drug-likeness (QED) is 0.847. The highest BCUT2D eigenvalue weighted by molar-refractivity contribution is 7.80. The molecule has 0 saturated carbocycles. The predicted octanol–water partition coefficient (Wildman–Crippen LogP) is 3.36. The number of carbonyl (C=O) groups is 1. The number of aryl methyl sites for hydroxylation is 2. The van der Waals surface area contributed by atoms with Crippen LogP contribution in [-0.4, -0.2) is 17.9 Å². The minimum absolute atomic E-state index is 0.0260. The second kappa shape index (κ2) is 6.35. The monoisotopic (exact) mass is 292 g/mol. The van der Waals surface area contributed by atoms with E-state index in [1.54, 1.807) is 11.9 Å². The topological polar surface area (TPSA) is 46.3 Å². The molecule has 4 heteroatoms. The van der Waals surface area contributed by atoms with Crippen molar-refractivity contribution in [3.05, 3.63) is 29.3 Å². The van der Waals surface area contributed by atoms with Crippen molar-refractivity contribution < 1.29 is 4.79 Å². The summed E-state index contributed by atoms with van der Waals surface area (Å²) in [7, 11) is 1.79. The molecule has 1 amide bonds. The summed E-state index contributed by atoms with van der Waals surface area (Å²) in [6, 6.07) is 6.05. The number of amides is 1. The lowest BCUT2D eigenvalue weighted by atomic mass is 9.80. The SMILES string of the molecule is CCC(CC)(C(=O)N(C)c1ccc(C)cc1C)C(N)=S. The smallest absolute Gasteiger partial charge is 0.239 e. The van der Waals surface area contributed by atoms with Crippen LogP contribution in [0.1, 0.15) is 37.8 Å². The Kier molecular flexibility index (Phi) is 5.28. The average molecular weight is 292 g/mol. The Balaban J connectivity index is 3.21. The molecule has 0 saturated heterocycles. The number of hydrogen-bond acceptors (Lipinski definition) is 2. The molecular formula is C16H24N2OS. The highest BCUT2D eigenvalue weighted by atomic mass is 32.1. The molecule has 0 unspecified atom stereocenters. The summed E-state index contributed by atoms with van der Waals surface area (Å²) in [4.78, 5) is 14.8. The van der Waals surface area contributed by atoms with Gasteiger partial charge in [-0.1, -0.05) is 43.8 Å². The molecule has 2 N–H and O–H groups in total. The summed E-state index contributed by atoms with van der Waals surface area (Å²) in [6.45, 7) is 7.95. The summed E-state index contributed by atoms with van der Waals surface area (Å²) < 4.78 is 0. The normalized spacial score (nSPS) is 11.2. The fourth-order valence-corrected chi connectivity index (χ4v) is 2.99. The second-order valence-corrected chi connectivity index (χ2v) is 5.75. The lowest BCUT2D eigenvalue weighted by Gasteiger charge is -2.34. The van der Waals surface area contributed by atoms with Gasteiger partial charge in [-0.3, -0.25) is 4.79 Å². The van der Waals surface area contributed by atoms with Crippen LogP contribution in [0.4, 0.5) is 5.69 Å². The number of nitrogens with two attached hydrogens (primary N) is 1. The number of thiocarbonyl (C=S) groups is 1. The minimum atomic E-state index is -0.749. The van der Waals surface area contributed by atoms with Crippen molar-refractivity contribution in [2.24, 2.45) is 11.1 Å². The third-order valence-electron chi connectivity index (χ3n) is 4.11. The van der Waals surface area contributed by atoms with Crippen molar-refractivity contribution in [3.8, 4) is 0 Å². The van der Waals surface area contributed by atoms with Crippen LogP contribution in [-0.2, 0) is 4.79 Å². The van der Waals surface area contributed by atoms with Gasteiger partial charge in [0.2, 0.25) is 5.91 Å². The van der Waals surface area contributed by atoms with Gasteiger partial charge in [0, 0.05) is 12.7 Å². The number of hydrogen-bond donors (Lipinski definition) is 1. The molecule has 20 heavy (non-hydrogen) atoms. The average Bonchev–Trinajstić information content (AvgIpc) is 2.39. The molecule has 1 aromatic carbocycles. The van der Waals surface area contributed by atoms with E-state index in [2.05, 4.69) is 6.07 Å². The second-order valence-electron chi connectivity index (χ2n) is 5.31. The maximum Gasteiger partial charge on any atom is 0.239 e. The Morgan fingerprint density at radius 3 is 2.25 bits per heavy atom. The first-order valence-corrected chi connectivity index (χ1v) is 7.36. The van der Waals surface area contributed by atoms with Gasteiger partial charge in [0.05, 0.1) is 10.4 Å². The number of benzene rings is 1. The van der Waals surface area contributed by atoms with Crippen molar-refractivity contribution in [1.29, 1.82) is 0 Å². The van der Waals surface area contributed by atoms with Crippen molar-refractivity contribution in [2.45, 2.75) is 40.5 Å². The van der Waals surface area contributed by atoms with Crippen molar-refractivity contribution in [1.82, 2.24) is 0 Å². The molecule has 0 fully saturated rings. The summed E-state index contributed by atoms with van der Waals surface area (Å²) in [5.74, 6) is -0.0260. The Labute approximate surface area is 127 Å². The Bertz CT molecular complexity index is 521. The molecule has 0 radical (unpaired) electrons. The van der Waals surface area contributed by atoms with Gasteiger partial charge in [-0.2, -0.15) is 0 Å². The van der Waals surface area contributed by atoms with E-state index in [4.69, 9.17) is 18.0 Å². The molecular weight excluding hydrogens is 268 g/mol. The molecule has 0 aromatic heterocycles. The van der Waals surface area contributed by atoms with E-state index in [1.165, 1.54) is 5.56 Å². The molecule has 0 atom stereocenters. The summed E-state index contributed by atoms with van der Waals surface area (Å²) in [5, 5.41) is 0. The van der Waals surface area contributed by atoms with Crippen molar-refractivity contribution in [3.63, 3.8) is 0 Å². The lowest BCUT2D eigenvalue weighted by molar-refractivity contribution is -0.124. The van der Waals surface area contributed by atoms with Gasteiger partial charge >= 0.3 is 0 Å². The summed E-state index contributed by atoms with van der Waals surface area (Å²) >= 11 is 5.16. The lowest BCUT2D eigenvalue weighted by Crippen LogP contribution is -2.49. The molecule has 3 nitrogen and oxygen atoms in total. The number of nitrogens with zero attached hydrogens (tertiary/aromatic N) is 1. The van der Waals surface area contributed by atoms with Gasteiger partial charge in [0.15, 0.2) is 0 Å². The molecule has 0 aliphatic carbocycles. The molecule has 0 spiro atoms. The van der Waals surface area contributed by atoms with Gasteiger partial charge in [0.25, 0.3) is 0 Å².